The molecule has 1 fully saturated rings. The van der Waals surface area contributed by atoms with E-state index in [1.807, 2.05) is 31.2 Å². The fourth-order valence-electron chi connectivity index (χ4n) is 3.98. The Bertz CT molecular complexity index is 897. The Kier molecular flexibility index (Phi) is 9.49. The second-order valence-electron chi connectivity index (χ2n) is 8.61. The van der Waals surface area contributed by atoms with Crippen LogP contribution < -0.4 is 5.32 Å². The quantitative estimate of drug-likeness (QED) is 0.505. The van der Waals surface area contributed by atoms with Crippen LogP contribution in [0.2, 0.25) is 5.02 Å². The lowest BCUT2D eigenvalue weighted by atomic mass is 9.95. The third kappa shape index (κ3) is 7.28. The van der Waals surface area contributed by atoms with Crippen molar-refractivity contribution in [1.29, 1.82) is 0 Å². The van der Waals surface area contributed by atoms with Gasteiger partial charge in [0.25, 0.3) is 0 Å². The molecule has 32 heavy (non-hydrogen) atoms. The van der Waals surface area contributed by atoms with Crippen LogP contribution in [0.4, 0.5) is 0 Å². The van der Waals surface area contributed by atoms with Crippen LogP contribution in [0.15, 0.2) is 48.5 Å². The van der Waals surface area contributed by atoms with Gasteiger partial charge in [0.1, 0.15) is 6.04 Å². The largest absolute Gasteiger partial charge is 0.352 e. The van der Waals surface area contributed by atoms with Crippen molar-refractivity contribution in [2.75, 3.05) is 5.75 Å². The highest BCUT2D eigenvalue weighted by Crippen LogP contribution is 2.22. The van der Waals surface area contributed by atoms with Crippen molar-refractivity contribution in [3.8, 4) is 0 Å². The first-order chi connectivity index (χ1) is 15.4. The Morgan fingerprint density at radius 3 is 2.47 bits per heavy atom. The Morgan fingerprint density at radius 1 is 1.09 bits per heavy atom. The van der Waals surface area contributed by atoms with Gasteiger partial charge in [0.15, 0.2) is 0 Å². The van der Waals surface area contributed by atoms with E-state index in [1.165, 1.54) is 17.5 Å². The summed E-state index contributed by atoms with van der Waals surface area (Å²) in [7, 11) is 0. The average Bonchev–Trinajstić information content (AvgIpc) is 2.80. The third-order valence-corrected chi connectivity index (χ3v) is 7.39. The molecular formula is C26H33ClN2O2S. The summed E-state index contributed by atoms with van der Waals surface area (Å²) in [5.74, 6) is 0.947. The molecule has 0 spiro atoms. The van der Waals surface area contributed by atoms with Gasteiger partial charge < -0.3 is 10.2 Å². The van der Waals surface area contributed by atoms with E-state index in [-0.39, 0.29) is 17.9 Å². The number of rotatable bonds is 9. The molecule has 0 aliphatic heterocycles. The standard InChI is InChI=1S/C26H33ClN2O2S/c1-19-12-14-21(15-13-19)17-32-18-25(30)29(16-22-8-6-7-11-24(22)27)20(2)26(31)28-23-9-4-3-5-10-23/h6-8,11-15,20,23H,3-5,9-10,16-18H2,1-2H3,(H,28,31). The van der Waals surface area contributed by atoms with E-state index >= 15 is 0 Å². The van der Waals surface area contributed by atoms with E-state index < -0.39 is 6.04 Å². The number of carbonyl (C=O) groups is 2. The van der Waals surface area contributed by atoms with Crippen LogP contribution in [0.5, 0.6) is 0 Å². The molecule has 0 radical (unpaired) electrons. The van der Waals surface area contributed by atoms with E-state index in [2.05, 4.69) is 36.5 Å². The minimum absolute atomic E-state index is 0.0478. The summed E-state index contributed by atoms with van der Waals surface area (Å²) in [6.45, 7) is 4.20. The predicted octanol–water partition coefficient (Wildman–Crippen LogP) is 5.75. The summed E-state index contributed by atoms with van der Waals surface area (Å²) in [6.07, 6.45) is 5.57. The maximum absolute atomic E-state index is 13.2. The van der Waals surface area contributed by atoms with Gasteiger partial charge in [0.05, 0.1) is 5.75 Å². The molecular weight excluding hydrogens is 440 g/mol. The second-order valence-corrected chi connectivity index (χ2v) is 10.0. The fraction of sp³-hybridized carbons (Fsp3) is 0.462. The number of nitrogens with zero attached hydrogens (tertiary/aromatic N) is 1. The average molecular weight is 473 g/mol. The van der Waals surface area contributed by atoms with Crippen LogP contribution in [0.1, 0.15) is 55.7 Å². The smallest absolute Gasteiger partial charge is 0.242 e. The molecule has 2 amide bonds. The molecule has 4 nitrogen and oxygen atoms in total. The molecule has 1 aliphatic carbocycles. The Balaban J connectivity index is 1.65. The molecule has 6 heteroatoms. The molecule has 2 aromatic carbocycles. The zero-order valence-electron chi connectivity index (χ0n) is 19.0. The van der Waals surface area contributed by atoms with Crippen LogP contribution in [0.3, 0.4) is 0 Å². The lowest BCUT2D eigenvalue weighted by Crippen LogP contribution is -2.50. The summed E-state index contributed by atoms with van der Waals surface area (Å²) < 4.78 is 0. The van der Waals surface area contributed by atoms with Crippen molar-refractivity contribution in [3.63, 3.8) is 0 Å². The highest BCUT2D eigenvalue weighted by Gasteiger charge is 2.28. The van der Waals surface area contributed by atoms with Gasteiger partial charge >= 0.3 is 0 Å². The first-order valence-corrected chi connectivity index (χ1v) is 12.9. The molecule has 0 bridgehead atoms. The lowest BCUT2D eigenvalue weighted by molar-refractivity contribution is -0.139. The summed E-state index contributed by atoms with van der Waals surface area (Å²) in [6, 6.07) is 15.5. The molecule has 0 heterocycles. The molecule has 1 unspecified atom stereocenters. The van der Waals surface area contributed by atoms with Crippen molar-refractivity contribution in [2.45, 2.75) is 70.3 Å². The van der Waals surface area contributed by atoms with E-state index in [9.17, 15) is 9.59 Å². The highest BCUT2D eigenvalue weighted by molar-refractivity contribution is 7.99. The molecule has 1 saturated carbocycles. The van der Waals surface area contributed by atoms with Crippen molar-refractivity contribution in [3.05, 3.63) is 70.2 Å². The SMILES string of the molecule is Cc1ccc(CSCC(=O)N(Cc2ccccc2Cl)C(C)C(=O)NC2CCCCC2)cc1. The molecule has 1 aliphatic rings. The van der Waals surface area contributed by atoms with E-state index in [1.54, 1.807) is 16.7 Å². The fourth-order valence-corrected chi connectivity index (χ4v) is 5.05. The maximum Gasteiger partial charge on any atom is 0.242 e. The van der Waals surface area contributed by atoms with Crippen LogP contribution in [-0.2, 0) is 21.9 Å². The number of halogens is 1. The monoisotopic (exact) mass is 472 g/mol. The van der Waals surface area contributed by atoms with Crippen molar-refractivity contribution < 1.29 is 9.59 Å². The Morgan fingerprint density at radius 2 is 1.78 bits per heavy atom. The van der Waals surface area contributed by atoms with Crippen LogP contribution in [0, 0.1) is 6.92 Å². The lowest BCUT2D eigenvalue weighted by Gasteiger charge is -2.31. The molecule has 0 aromatic heterocycles. The normalized spacial score (nSPS) is 15.2. The number of hydrogen-bond acceptors (Lipinski definition) is 3. The molecule has 3 rings (SSSR count). The number of benzene rings is 2. The van der Waals surface area contributed by atoms with Crippen LogP contribution in [0.25, 0.3) is 0 Å². The zero-order valence-corrected chi connectivity index (χ0v) is 20.6. The number of carbonyl (C=O) groups excluding carboxylic acids is 2. The van der Waals surface area contributed by atoms with Crippen LogP contribution in [-0.4, -0.2) is 34.6 Å². The van der Waals surface area contributed by atoms with Gasteiger partial charge in [0, 0.05) is 23.4 Å². The van der Waals surface area contributed by atoms with Gasteiger partial charge in [-0.05, 0) is 43.9 Å². The highest BCUT2D eigenvalue weighted by atomic mass is 35.5. The van der Waals surface area contributed by atoms with E-state index in [0.717, 1.165) is 37.0 Å². The first-order valence-electron chi connectivity index (χ1n) is 11.4. The Hall–Kier alpha value is -1.98. The van der Waals surface area contributed by atoms with Gasteiger partial charge in [-0.25, -0.2) is 0 Å². The van der Waals surface area contributed by atoms with E-state index in [0.29, 0.717) is 17.3 Å². The number of hydrogen-bond donors (Lipinski definition) is 1. The molecule has 2 aromatic rings. The van der Waals surface area contributed by atoms with E-state index in [4.69, 9.17) is 11.6 Å². The zero-order chi connectivity index (χ0) is 22.9. The second kappa shape index (κ2) is 12.3. The number of amides is 2. The Labute approximate surface area is 201 Å². The summed E-state index contributed by atoms with van der Waals surface area (Å²) in [5.41, 5.74) is 3.26. The first kappa shape index (κ1) is 24.7. The van der Waals surface area contributed by atoms with Crippen molar-refractivity contribution in [1.82, 2.24) is 10.2 Å². The molecule has 1 atom stereocenters. The third-order valence-electron chi connectivity index (χ3n) is 6.03. The van der Waals surface area contributed by atoms with Crippen molar-refractivity contribution in [2.24, 2.45) is 0 Å². The topological polar surface area (TPSA) is 49.4 Å². The van der Waals surface area contributed by atoms with Gasteiger partial charge in [-0.3, -0.25) is 9.59 Å². The van der Waals surface area contributed by atoms with Gasteiger partial charge in [-0.1, -0.05) is 78.9 Å². The van der Waals surface area contributed by atoms with Crippen LogP contribution >= 0.6 is 23.4 Å². The maximum atomic E-state index is 13.2. The molecule has 0 saturated heterocycles. The van der Waals surface area contributed by atoms with Gasteiger partial charge in [0.2, 0.25) is 11.8 Å². The molecule has 1 N–H and O–H groups in total. The minimum Gasteiger partial charge on any atom is -0.352 e. The number of nitrogens with one attached hydrogen (secondary N) is 1. The number of thioether (sulfide) groups is 1. The minimum atomic E-state index is -0.555. The summed E-state index contributed by atoms with van der Waals surface area (Å²) in [4.78, 5) is 27.9. The molecule has 172 valence electrons. The summed E-state index contributed by atoms with van der Waals surface area (Å²) in [5, 5.41) is 3.78. The van der Waals surface area contributed by atoms with Crippen molar-refractivity contribution >= 4 is 35.2 Å². The van der Waals surface area contributed by atoms with Gasteiger partial charge in [-0.15, -0.1) is 11.8 Å². The van der Waals surface area contributed by atoms with Gasteiger partial charge in [-0.2, -0.15) is 0 Å². The predicted molar refractivity (Wildman–Crippen MR) is 134 cm³/mol. The number of aryl methyl sites for hydroxylation is 1. The summed E-state index contributed by atoms with van der Waals surface area (Å²) >= 11 is 7.94.